The average molecular weight is 160 g/mol. The zero-order valence-corrected chi connectivity index (χ0v) is 6.03. The molecule has 3 rings (SSSR count). The summed E-state index contributed by atoms with van der Waals surface area (Å²) in [5.41, 5.74) is 0.505. The van der Waals surface area contributed by atoms with E-state index in [1.807, 2.05) is 0 Å². The molecule has 58 valence electrons. The Bertz CT molecular complexity index is 525. The predicted molar refractivity (Wildman–Crippen MR) is 42.6 cm³/mol. The maximum absolute atomic E-state index is 11.4. The van der Waals surface area contributed by atoms with Gasteiger partial charge in [0.15, 0.2) is 0 Å². The summed E-state index contributed by atoms with van der Waals surface area (Å²) in [5.74, 6) is 0.880. The maximum Gasteiger partial charge on any atom is 0.238 e. The summed E-state index contributed by atoms with van der Waals surface area (Å²) >= 11 is 0. The molecule has 0 unspecified atom stereocenters. The quantitative estimate of drug-likeness (QED) is 0.504. The van der Waals surface area contributed by atoms with E-state index >= 15 is 0 Å². The second kappa shape index (κ2) is 1.69. The lowest BCUT2D eigenvalue weighted by Crippen LogP contribution is -1.94. The molecular formula is C9H4O3. The van der Waals surface area contributed by atoms with Crippen molar-refractivity contribution in [2.75, 3.05) is 0 Å². The van der Waals surface area contributed by atoms with E-state index in [0.717, 1.165) is 0 Å². The van der Waals surface area contributed by atoms with Crippen molar-refractivity contribution in [3.8, 4) is 11.5 Å². The first kappa shape index (κ1) is 5.83. The van der Waals surface area contributed by atoms with Gasteiger partial charge in [0.2, 0.25) is 11.2 Å². The zero-order valence-electron chi connectivity index (χ0n) is 6.03. The van der Waals surface area contributed by atoms with Gasteiger partial charge in [0, 0.05) is 0 Å². The Morgan fingerprint density at radius 1 is 1.17 bits per heavy atom. The Morgan fingerprint density at radius 3 is 3.00 bits per heavy atom. The van der Waals surface area contributed by atoms with Crippen LogP contribution in [0.4, 0.5) is 0 Å². The Kier molecular flexibility index (Phi) is 0.821. The highest BCUT2D eigenvalue weighted by molar-refractivity contribution is 5.86. The summed E-state index contributed by atoms with van der Waals surface area (Å²) in [6.07, 6.45) is 1.34. The highest BCUT2D eigenvalue weighted by atomic mass is 16.5. The van der Waals surface area contributed by atoms with Crippen molar-refractivity contribution in [2.45, 2.75) is 0 Å². The van der Waals surface area contributed by atoms with Crippen LogP contribution in [0, 0.1) is 0 Å². The fourth-order valence-electron chi connectivity index (χ4n) is 1.40. The molecule has 0 amide bonds. The van der Waals surface area contributed by atoms with Crippen molar-refractivity contribution in [1.29, 1.82) is 0 Å². The molecule has 0 saturated heterocycles. The lowest BCUT2D eigenvalue weighted by atomic mass is 10.2. The molecule has 12 heavy (non-hydrogen) atoms. The van der Waals surface area contributed by atoms with Gasteiger partial charge >= 0.3 is 0 Å². The molecule has 3 nitrogen and oxygen atoms in total. The third-order valence-electron chi connectivity index (χ3n) is 1.95. The summed E-state index contributed by atoms with van der Waals surface area (Å²) in [4.78, 5) is 11.4. The van der Waals surface area contributed by atoms with Crippen LogP contribution in [0.3, 0.4) is 0 Å². The second-order valence-electron chi connectivity index (χ2n) is 2.66. The van der Waals surface area contributed by atoms with Crippen LogP contribution in [0.2, 0.25) is 0 Å². The van der Waals surface area contributed by atoms with E-state index in [2.05, 4.69) is 0 Å². The lowest BCUT2D eigenvalue weighted by Gasteiger charge is -1.91. The summed E-state index contributed by atoms with van der Waals surface area (Å²) in [6, 6.07) is 5.30. The number of benzene rings is 1. The van der Waals surface area contributed by atoms with Crippen molar-refractivity contribution in [3.05, 3.63) is 34.7 Å². The smallest absolute Gasteiger partial charge is 0.238 e. The molecule has 1 aliphatic heterocycles. The van der Waals surface area contributed by atoms with Gasteiger partial charge in [-0.15, -0.1) is 0 Å². The molecule has 0 atom stereocenters. The molecule has 2 bridgehead atoms. The van der Waals surface area contributed by atoms with Gasteiger partial charge in [0.1, 0.15) is 23.0 Å². The van der Waals surface area contributed by atoms with E-state index in [0.29, 0.717) is 16.7 Å². The van der Waals surface area contributed by atoms with Crippen LogP contribution in [0.15, 0.2) is 33.7 Å². The van der Waals surface area contributed by atoms with Gasteiger partial charge < -0.3 is 9.15 Å². The fourth-order valence-corrected chi connectivity index (χ4v) is 1.40. The number of hydrogen-bond donors (Lipinski definition) is 0. The van der Waals surface area contributed by atoms with Gasteiger partial charge in [-0.25, -0.2) is 0 Å². The van der Waals surface area contributed by atoms with Crippen LogP contribution in [0.1, 0.15) is 0 Å². The highest BCUT2D eigenvalue weighted by Gasteiger charge is 2.20. The van der Waals surface area contributed by atoms with Gasteiger partial charge in [-0.05, 0) is 12.1 Å². The van der Waals surface area contributed by atoms with Crippen molar-refractivity contribution in [2.24, 2.45) is 0 Å². The second-order valence-corrected chi connectivity index (χ2v) is 2.66. The summed E-state index contributed by atoms with van der Waals surface area (Å²) in [5, 5.41) is 0.551. The third kappa shape index (κ3) is 0.504. The van der Waals surface area contributed by atoms with Gasteiger partial charge in [0.25, 0.3) is 0 Å². The molecule has 1 aliphatic rings. The first-order valence-corrected chi connectivity index (χ1v) is 3.58. The standard InChI is InChI=1S/C9H4O3/c10-9-7-4-11-5-2-1-3-6(12-7)8(5)9/h1-4H. The zero-order chi connectivity index (χ0) is 8.13. The Labute approximate surface area is 67.2 Å². The number of hydrogen-bond acceptors (Lipinski definition) is 3. The lowest BCUT2D eigenvalue weighted by molar-refractivity contribution is 0.476. The monoisotopic (exact) mass is 160 g/mol. The van der Waals surface area contributed by atoms with Crippen LogP contribution in [0.5, 0.6) is 11.5 Å². The van der Waals surface area contributed by atoms with Crippen molar-refractivity contribution < 1.29 is 9.15 Å². The number of rotatable bonds is 0. The molecule has 2 aromatic rings. The van der Waals surface area contributed by atoms with Crippen LogP contribution >= 0.6 is 0 Å². The average Bonchev–Trinajstić information content (AvgIpc) is 2.35. The summed E-state index contributed by atoms with van der Waals surface area (Å²) < 4.78 is 10.4. The molecule has 0 aliphatic carbocycles. The first-order chi connectivity index (χ1) is 5.86. The van der Waals surface area contributed by atoms with Crippen LogP contribution in [0.25, 0.3) is 11.0 Å². The maximum atomic E-state index is 11.4. The molecule has 0 N–H and O–H groups in total. The topological polar surface area (TPSA) is 39.4 Å². The molecule has 0 saturated carbocycles. The normalized spacial score (nSPS) is 12.3. The van der Waals surface area contributed by atoms with E-state index in [-0.39, 0.29) is 11.2 Å². The van der Waals surface area contributed by atoms with Crippen LogP contribution in [-0.2, 0) is 0 Å². The molecule has 1 aromatic heterocycles. The van der Waals surface area contributed by atoms with E-state index in [4.69, 9.17) is 9.15 Å². The Morgan fingerprint density at radius 2 is 2.08 bits per heavy atom. The molecule has 0 spiro atoms. The Balaban J connectivity index is 2.73. The van der Waals surface area contributed by atoms with Crippen molar-refractivity contribution in [1.82, 2.24) is 0 Å². The van der Waals surface area contributed by atoms with Crippen LogP contribution in [-0.4, -0.2) is 0 Å². The number of ether oxygens (including phenoxy) is 1. The van der Waals surface area contributed by atoms with E-state index in [1.165, 1.54) is 6.26 Å². The molecule has 2 heterocycles. The molecule has 0 radical (unpaired) electrons. The minimum absolute atomic E-state index is 0.0770. The SMILES string of the molecule is O=c1c2coc3cccc(c13)O2. The van der Waals surface area contributed by atoms with E-state index in [9.17, 15) is 4.79 Å². The molecular weight excluding hydrogens is 156 g/mol. The fraction of sp³-hybridized carbons (Fsp3) is 0. The molecule has 1 aromatic carbocycles. The highest BCUT2D eigenvalue weighted by Crippen LogP contribution is 2.33. The van der Waals surface area contributed by atoms with Crippen LogP contribution < -0.4 is 10.2 Å². The van der Waals surface area contributed by atoms with Gasteiger partial charge in [-0.1, -0.05) is 6.07 Å². The summed E-state index contributed by atoms with van der Waals surface area (Å²) in [7, 11) is 0. The first-order valence-electron chi connectivity index (χ1n) is 3.58. The minimum Gasteiger partial charge on any atom is -0.460 e. The Hall–Kier alpha value is -1.77. The summed E-state index contributed by atoms with van der Waals surface area (Å²) in [6.45, 7) is 0. The third-order valence-corrected chi connectivity index (χ3v) is 1.95. The van der Waals surface area contributed by atoms with E-state index < -0.39 is 0 Å². The minimum atomic E-state index is -0.0770. The van der Waals surface area contributed by atoms with Crippen molar-refractivity contribution >= 4 is 11.0 Å². The van der Waals surface area contributed by atoms with Gasteiger partial charge in [-0.3, -0.25) is 4.79 Å². The molecule has 3 heteroatoms. The van der Waals surface area contributed by atoms with Crippen molar-refractivity contribution in [3.63, 3.8) is 0 Å². The number of fused-ring (bicyclic) bond motifs is 1. The van der Waals surface area contributed by atoms with Gasteiger partial charge in [0.05, 0.1) is 0 Å². The predicted octanol–water partition coefficient (Wildman–Crippen LogP) is 1.90. The largest absolute Gasteiger partial charge is 0.460 e. The van der Waals surface area contributed by atoms with E-state index in [1.54, 1.807) is 18.2 Å². The molecule has 0 fully saturated rings. The van der Waals surface area contributed by atoms with Gasteiger partial charge in [-0.2, -0.15) is 0 Å².